The predicted molar refractivity (Wildman–Crippen MR) is 69.7 cm³/mol. The second kappa shape index (κ2) is 7.42. The maximum Gasteiger partial charge on any atom is 0.320 e. The molecule has 0 saturated carbocycles. The first-order valence-electron chi connectivity index (χ1n) is 6.47. The quantitative estimate of drug-likeness (QED) is 0.642. The Morgan fingerprint density at radius 1 is 1.32 bits per heavy atom. The van der Waals surface area contributed by atoms with Crippen LogP contribution in [0.3, 0.4) is 0 Å². The fourth-order valence-corrected chi connectivity index (χ4v) is 2.09. The minimum atomic E-state index is -0.837. The van der Waals surface area contributed by atoms with Crippen molar-refractivity contribution in [3.63, 3.8) is 0 Å². The zero-order valence-corrected chi connectivity index (χ0v) is 11.5. The number of rotatable bonds is 6. The van der Waals surface area contributed by atoms with E-state index in [-0.39, 0.29) is 5.91 Å². The molecule has 1 aliphatic heterocycles. The molecule has 0 aliphatic carbocycles. The molecule has 0 aromatic carbocycles. The molecule has 1 fully saturated rings. The van der Waals surface area contributed by atoms with Gasteiger partial charge in [0.05, 0.1) is 6.04 Å². The fraction of sp³-hybridized carbons (Fsp3) is 0.833. The Morgan fingerprint density at radius 3 is 2.37 bits per heavy atom. The maximum atomic E-state index is 12.0. The Balaban J connectivity index is 2.40. The number of hydrogen-bond acceptors (Lipinski definition) is 5. The molecule has 2 atom stereocenters. The highest BCUT2D eigenvalue weighted by atomic mass is 16.5. The van der Waals surface area contributed by atoms with E-state index in [1.165, 1.54) is 0 Å². The molecule has 1 amide bonds. The summed E-state index contributed by atoms with van der Waals surface area (Å²) in [6.45, 7) is 4.30. The van der Waals surface area contributed by atoms with Crippen molar-refractivity contribution in [2.75, 3.05) is 39.9 Å². The van der Waals surface area contributed by atoms with E-state index in [1.807, 2.05) is 4.90 Å². The number of hydrogen-bond donors (Lipinski definition) is 2. The molecule has 19 heavy (non-hydrogen) atoms. The van der Waals surface area contributed by atoms with Crippen molar-refractivity contribution in [3.8, 4) is 0 Å². The maximum absolute atomic E-state index is 12.0. The summed E-state index contributed by atoms with van der Waals surface area (Å²) in [5, 5.41) is 8.94. The molecule has 7 nitrogen and oxygen atoms in total. The predicted octanol–water partition coefficient (Wildman–Crippen LogP) is -1.03. The van der Waals surface area contributed by atoms with Crippen LogP contribution in [0.25, 0.3) is 0 Å². The van der Waals surface area contributed by atoms with Crippen molar-refractivity contribution >= 4 is 11.9 Å². The van der Waals surface area contributed by atoms with Gasteiger partial charge in [0.1, 0.15) is 6.04 Å². The van der Waals surface area contributed by atoms with Gasteiger partial charge in [-0.05, 0) is 13.3 Å². The van der Waals surface area contributed by atoms with Gasteiger partial charge in [-0.25, -0.2) is 0 Å². The van der Waals surface area contributed by atoms with Crippen molar-refractivity contribution in [1.29, 1.82) is 0 Å². The number of carboxylic acids is 1. The number of nitrogens with zero attached hydrogens (tertiary/aromatic N) is 2. The number of methoxy groups -OCH3 is 1. The summed E-state index contributed by atoms with van der Waals surface area (Å²) in [7, 11) is 1.57. The van der Waals surface area contributed by atoms with Gasteiger partial charge in [0.25, 0.3) is 0 Å². The molecule has 0 aromatic heterocycles. The number of ether oxygens (including phenoxy) is 1. The standard InChI is InChI=1S/C12H23N3O4/c1-9(12(17)18)14-4-6-15(7-5-14)11(16)10(13)3-8-19-2/h9-10H,3-8,13H2,1-2H3,(H,17,18). The van der Waals surface area contributed by atoms with Crippen molar-refractivity contribution in [2.24, 2.45) is 5.73 Å². The summed E-state index contributed by atoms with van der Waals surface area (Å²) >= 11 is 0. The van der Waals surface area contributed by atoms with Crippen LogP contribution in [0.1, 0.15) is 13.3 Å². The average molecular weight is 273 g/mol. The number of carbonyl (C=O) groups excluding carboxylic acids is 1. The highest BCUT2D eigenvalue weighted by Crippen LogP contribution is 2.08. The van der Waals surface area contributed by atoms with Crippen molar-refractivity contribution in [1.82, 2.24) is 9.80 Å². The zero-order valence-electron chi connectivity index (χ0n) is 11.5. The summed E-state index contributed by atoms with van der Waals surface area (Å²) in [4.78, 5) is 26.5. The molecule has 0 aromatic rings. The van der Waals surface area contributed by atoms with Gasteiger partial charge in [-0.2, -0.15) is 0 Å². The highest BCUT2D eigenvalue weighted by Gasteiger charge is 2.28. The third kappa shape index (κ3) is 4.45. The van der Waals surface area contributed by atoms with Crippen LogP contribution in [-0.4, -0.2) is 78.8 Å². The van der Waals surface area contributed by atoms with Crippen LogP contribution in [0, 0.1) is 0 Å². The molecule has 1 saturated heterocycles. The number of carboxylic acid groups (broad SMARTS) is 1. The van der Waals surface area contributed by atoms with Crippen LogP contribution >= 0.6 is 0 Å². The topological polar surface area (TPSA) is 96.1 Å². The van der Waals surface area contributed by atoms with E-state index in [4.69, 9.17) is 15.6 Å². The van der Waals surface area contributed by atoms with Crippen LogP contribution in [0.2, 0.25) is 0 Å². The molecule has 0 radical (unpaired) electrons. The normalized spacial score (nSPS) is 20.1. The van der Waals surface area contributed by atoms with E-state index < -0.39 is 18.1 Å². The van der Waals surface area contributed by atoms with E-state index in [0.717, 1.165) is 0 Å². The largest absolute Gasteiger partial charge is 0.480 e. The molecule has 1 rings (SSSR count). The minimum absolute atomic E-state index is 0.0836. The summed E-state index contributed by atoms with van der Waals surface area (Å²) in [6.07, 6.45) is 0.501. The van der Waals surface area contributed by atoms with Crippen LogP contribution in [0.5, 0.6) is 0 Å². The van der Waals surface area contributed by atoms with Crippen molar-refractivity contribution < 1.29 is 19.4 Å². The molecular weight excluding hydrogens is 250 g/mol. The molecule has 0 spiro atoms. The molecule has 1 heterocycles. The molecule has 7 heteroatoms. The lowest BCUT2D eigenvalue weighted by molar-refractivity contribution is -0.144. The summed E-state index contributed by atoms with van der Waals surface area (Å²) in [6, 6.07) is -1.05. The van der Waals surface area contributed by atoms with E-state index in [1.54, 1.807) is 18.9 Å². The Labute approximate surface area is 113 Å². The summed E-state index contributed by atoms with van der Waals surface area (Å²) in [5.41, 5.74) is 5.80. The Hall–Kier alpha value is -1.18. The molecule has 2 unspecified atom stereocenters. The van der Waals surface area contributed by atoms with Crippen LogP contribution in [-0.2, 0) is 14.3 Å². The van der Waals surface area contributed by atoms with E-state index >= 15 is 0 Å². The van der Waals surface area contributed by atoms with Gasteiger partial charge in [-0.1, -0.05) is 0 Å². The van der Waals surface area contributed by atoms with Crippen LogP contribution in [0.15, 0.2) is 0 Å². The second-order valence-electron chi connectivity index (χ2n) is 4.76. The third-order valence-corrected chi connectivity index (χ3v) is 3.48. The third-order valence-electron chi connectivity index (χ3n) is 3.48. The van der Waals surface area contributed by atoms with E-state index in [0.29, 0.717) is 39.2 Å². The van der Waals surface area contributed by atoms with E-state index in [9.17, 15) is 9.59 Å². The average Bonchev–Trinajstić information content (AvgIpc) is 2.43. The van der Waals surface area contributed by atoms with Crippen LogP contribution < -0.4 is 5.73 Å². The van der Waals surface area contributed by atoms with Gasteiger partial charge >= 0.3 is 5.97 Å². The SMILES string of the molecule is COCCC(N)C(=O)N1CCN(C(C)C(=O)O)CC1. The molecular formula is C12H23N3O4. The number of piperazine rings is 1. The zero-order chi connectivity index (χ0) is 14.4. The Bertz CT molecular complexity index is 316. The number of nitrogens with two attached hydrogens (primary N) is 1. The molecule has 110 valence electrons. The van der Waals surface area contributed by atoms with Gasteiger partial charge in [-0.3, -0.25) is 14.5 Å². The minimum Gasteiger partial charge on any atom is -0.480 e. The van der Waals surface area contributed by atoms with E-state index in [2.05, 4.69) is 0 Å². The Kier molecular flexibility index (Phi) is 6.20. The number of aliphatic carboxylic acids is 1. The van der Waals surface area contributed by atoms with Gasteiger partial charge in [0.2, 0.25) is 5.91 Å². The lowest BCUT2D eigenvalue weighted by Gasteiger charge is -2.37. The van der Waals surface area contributed by atoms with Crippen molar-refractivity contribution in [2.45, 2.75) is 25.4 Å². The first-order valence-corrected chi connectivity index (χ1v) is 6.47. The lowest BCUT2D eigenvalue weighted by Crippen LogP contribution is -2.56. The summed E-state index contributed by atoms with van der Waals surface area (Å²) in [5.74, 6) is -0.920. The first-order chi connectivity index (χ1) is 8.97. The first kappa shape index (κ1) is 15.9. The number of carbonyl (C=O) groups is 2. The molecule has 0 bridgehead atoms. The second-order valence-corrected chi connectivity index (χ2v) is 4.76. The molecule has 1 aliphatic rings. The monoisotopic (exact) mass is 273 g/mol. The van der Waals surface area contributed by atoms with Gasteiger partial charge < -0.3 is 20.5 Å². The van der Waals surface area contributed by atoms with Gasteiger partial charge in [-0.15, -0.1) is 0 Å². The smallest absolute Gasteiger partial charge is 0.320 e. The van der Waals surface area contributed by atoms with Gasteiger partial charge in [0, 0.05) is 39.9 Å². The van der Waals surface area contributed by atoms with Gasteiger partial charge in [0.15, 0.2) is 0 Å². The van der Waals surface area contributed by atoms with Crippen LogP contribution in [0.4, 0.5) is 0 Å². The lowest BCUT2D eigenvalue weighted by atomic mass is 10.1. The number of amides is 1. The Morgan fingerprint density at radius 2 is 1.89 bits per heavy atom. The molecule has 3 N–H and O–H groups in total. The fourth-order valence-electron chi connectivity index (χ4n) is 2.09. The van der Waals surface area contributed by atoms with Crippen molar-refractivity contribution in [3.05, 3.63) is 0 Å². The summed E-state index contributed by atoms with van der Waals surface area (Å²) < 4.78 is 4.90. The highest BCUT2D eigenvalue weighted by molar-refractivity contribution is 5.81.